The van der Waals surface area contributed by atoms with Gasteiger partial charge in [-0.3, -0.25) is 0 Å². The summed E-state index contributed by atoms with van der Waals surface area (Å²) in [6.07, 6.45) is 3.49. The average Bonchev–Trinajstić information content (AvgIpc) is 2.05. The molecule has 13 heavy (non-hydrogen) atoms. The molecule has 0 aromatic rings. The van der Waals surface area contributed by atoms with Crippen molar-refractivity contribution >= 4 is 0 Å². The van der Waals surface area contributed by atoms with Crippen molar-refractivity contribution in [3.05, 3.63) is 0 Å². The van der Waals surface area contributed by atoms with Gasteiger partial charge in [0.1, 0.15) is 0 Å². The first kappa shape index (κ1) is 12.9. The van der Waals surface area contributed by atoms with Gasteiger partial charge in [0, 0.05) is 6.61 Å². The van der Waals surface area contributed by atoms with E-state index in [2.05, 4.69) is 26.1 Å². The maximum Gasteiger partial charge on any atom is 0.0434 e. The van der Waals surface area contributed by atoms with E-state index in [0.29, 0.717) is 12.5 Å². The Labute approximate surface area is 82.7 Å². The van der Waals surface area contributed by atoms with Gasteiger partial charge in [0.15, 0.2) is 0 Å². The predicted molar refractivity (Wildman–Crippen MR) is 57.8 cm³/mol. The molecule has 0 spiro atoms. The number of aliphatic hydroxyl groups excluding tert-OH is 1. The van der Waals surface area contributed by atoms with Gasteiger partial charge in [0.2, 0.25) is 0 Å². The molecule has 0 amide bonds. The minimum absolute atomic E-state index is 0.313. The van der Waals surface area contributed by atoms with Crippen molar-refractivity contribution in [2.45, 2.75) is 40.0 Å². The van der Waals surface area contributed by atoms with Crippen LogP contribution in [0.1, 0.15) is 40.0 Å². The van der Waals surface area contributed by atoms with E-state index >= 15 is 0 Å². The van der Waals surface area contributed by atoms with Gasteiger partial charge < -0.3 is 10.4 Å². The zero-order chi connectivity index (χ0) is 10.1. The summed E-state index contributed by atoms with van der Waals surface area (Å²) in [5, 5.41) is 12.1. The van der Waals surface area contributed by atoms with Crippen LogP contribution in [0.25, 0.3) is 0 Å². The van der Waals surface area contributed by atoms with Crippen LogP contribution < -0.4 is 5.32 Å². The van der Waals surface area contributed by atoms with Crippen LogP contribution in [-0.4, -0.2) is 24.8 Å². The van der Waals surface area contributed by atoms with E-state index < -0.39 is 0 Å². The second kappa shape index (κ2) is 8.52. The quantitative estimate of drug-likeness (QED) is 0.609. The first-order valence-corrected chi connectivity index (χ1v) is 5.52. The lowest BCUT2D eigenvalue weighted by atomic mass is 10.1. The maximum absolute atomic E-state index is 8.70. The molecule has 2 heteroatoms. The molecule has 0 bridgehead atoms. The van der Waals surface area contributed by atoms with Gasteiger partial charge in [-0.15, -0.1) is 0 Å². The molecular formula is C11H25NO. The van der Waals surface area contributed by atoms with Gasteiger partial charge in [-0.25, -0.2) is 0 Å². The first-order chi connectivity index (χ1) is 6.20. The monoisotopic (exact) mass is 187 g/mol. The van der Waals surface area contributed by atoms with Gasteiger partial charge >= 0.3 is 0 Å². The third-order valence-electron chi connectivity index (χ3n) is 2.39. The van der Waals surface area contributed by atoms with Crippen molar-refractivity contribution in [1.82, 2.24) is 5.32 Å². The molecule has 2 unspecified atom stereocenters. The van der Waals surface area contributed by atoms with E-state index in [1.54, 1.807) is 0 Å². The van der Waals surface area contributed by atoms with Crippen molar-refractivity contribution in [3.63, 3.8) is 0 Å². The largest absolute Gasteiger partial charge is 0.396 e. The Hall–Kier alpha value is -0.0800. The highest BCUT2D eigenvalue weighted by molar-refractivity contribution is 4.60. The molecule has 0 saturated carbocycles. The standard InChI is InChI=1S/C11H25NO/c1-4-5-10(2)8-12-9-11(3)6-7-13/h10-13H,4-9H2,1-3H3. The number of aliphatic hydroxyl groups is 1. The Morgan fingerprint density at radius 1 is 1.08 bits per heavy atom. The molecule has 0 fully saturated rings. The van der Waals surface area contributed by atoms with Crippen molar-refractivity contribution in [3.8, 4) is 0 Å². The number of hydrogen-bond acceptors (Lipinski definition) is 2. The fourth-order valence-electron chi connectivity index (χ4n) is 1.49. The lowest BCUT2D eigenvalue weighted by molar-refractivity contribution is 0.259. The van der Waals surface area contributed by atoms with Crippen LogP contribution in [0, 0.1) is 11.8 Å². The summed E-state index contributed by atoms with van der Waals surface area (Å²) in [4.78, 5) is 0. The third kappa shape index (κ3) is 8.26. The third-order valence-corrected chi connectivity index (χ3v) is 2.39. The number of nitrogens with one attached hydrogen (secondary N) is 1. The maximum atomic E-state index is 8.70. The van der Waals surface area contributed by atoms with Crippen molar-refractivity contribution in [2.24, 2.45) is 11.8 Å². The molecular weight excluding hydrogens is 162 g/mol. The molecule has 0 aromatic heterocycles. The van der Waals surface area contributed by atoms with Crippen LogP contribution in [-0.2, 0) is 0 Å². The molecule has 0 aliphatic rings. The Kier molecular flexibility index (Phi) is 8.46. The van der Waals surface area contributed by atoms with Crippen LogP contribution in [0.15, 0.2) is 0 Å². The summed E-state index contributed by atoms with van der Waals surface area (Å²) in [7, 11) is 0. The summed E-state index contributed by atoms with van der Waals surface area (Å²) >= 11 is 0. The fraction of sp³-hybridized carbons (Fsp3) is 1.00. The summed E-state index contributed by atoms with van der Waals surface area (Å²) in [5.41, 5.74) is 0. The van der Waals surface area contributed by atoms with Crippen LogP contribution in [0.2, 0.25) is 0 Å². The van der Waals surface area contributed by atoms with E-state index in [4.69, 9.17) is 5.11 Å². The summed E-state index contributed by atoms with van der Waals surface area (Å²) in [5.74, 6) is 1.38. The van der Waals surface area contributed by atoms with E-state index in [9.17, 15) is 0 Å². The summed E-state index contributed by atoms with van der Waals surface area (Å²) in [6.45, 7) is 9.15. The minimum Gasteiger partial charge on any atom is -0.396 e. The molecule has 0 aromatic carbocycles. The lowest BCUT2D eigenvalue weighted by Crippen LogP contribution is -2.26. The van der Waals surface area contributed by atoms with Crippen molar-refractivity contribution in [2.75, 3.05) is 19.7 Å². The van der Waals surface area contributed by atoms with Gasteiger partial charge in [0.25, 0.3) is 0 Å². The molecule has 2 N–H and O–H groups in total. The van der Waals surface area contributed by atoms with Gasteiger partial charge in [-0.2, -0.15) is 0 Å². The van der Waals surface area contributed by atoms with Crippen LogP contribution in [0.4, 0.5) is 0 Å². The first-order valence-electron chi connectivity index (χ1n) is 5.52. The van der Waals surface area contributed by atoms with Gasteiger partial charge in [0.05, 0.1) is 0 Å². The van der Waals surface area contributed by atoms with Crippen LogP contribution in [0.3, 0.4) is 0 Å². The highest BCUT2D eigenvalue weighted by atomic mass is 16.3. The lowest BCUT2D eigenvalue weighted by Gasteiger charge is -2.14. The van der Waals surface area contributed by atoms with Gasteiger partial charge in [-0.05, 0) is 37.8 Å². The Balaban J connectivity index is 3.23. The molecule has 2 atom stereocenters. The molecule has 0 aliphatic heterocycles. The smallest absolute Gasteiger partial charge is 0.0434 e. The van der Waals surface area contributed by atoms with E-state index in [1.807, 2.05) is 0 Å². The minimum atomic E-state index is 0.313. The highest BCUT2D eigenvalue weighted by Gasteiger charge is 2.02. The Bertz CT molecular complexity index is 94.3. The molecule has 0 aliphatic carbocycles. The van der Waals surface area contributed by atoms with Gasteiger partial charge in [-0.1, -0.05) is 27.2 Å². The highest BCUT2D eigenvalue weighted by Crippen LogP contribution is 2.03. The number of hydrogen-bond donors (Lipinski definition) is 2. The van der Waals surface area contributed by atoms with E-state index in [0.717, 1.165) is 25.4 Å². The van der Waals surface area contributed by atoms with Crippen LogP contribution in [0.5, 0.6) is 0 Å². The molecule has 80 valence electrons. The normalized spacial score (nSPS) is 15.7. The van der Waals surface area contributed by atoms with Crippen molar-refractivity contribution < 1.29 is 5.11 Å². The zero-order valence-electron chi connectivity index (χ0n) is 9.34. The summed E-state index contributed by atoms with van der Waals surface area (Å²) in [6, 6.07) is 0. The van der Waals surface area contributed by atoms with E-state index in [-0.39, 0.29) is 0 Å². The second-order valence-electron chi connectivity index (χ2n) is 4.17. The van der Waals surface area contributed by atoms with Crippen molar-refractivity contribution in [1.29, 1.82) is 0 Å². The molecule has 2 nitrogen and oxygen atoms in total. The zero-order valence-corrected chi connectivity index (χ0v) is 9.34. The topological polar surface area (TPSA) is 32.3 Å². The Morgan fingerprint density at radius 3 is 2.08 bits per heavy atom. The predicted octanol–water partition coefficient (Wildman–Crippen LogP) is 2.03. The molecule has 0 heterocycles. The molecule has 0 radical (unpaired) electrons. The summed E-state index contributed by atoms with van der Waals surface area (Å²) < 4.78 is 0. The Morgan fingerprint density at radius 2 is 1.62 bits per heavy atom. The molecule has 0 rings (SSSR count). The van der Waals surface area contributed by atoms with Crippen LogP contribution >= 0.6 is 0 Å². The van der Waals surface area contributed by atoms with E-state index in [1.165, 1.54) is 12.8 Å². The number of rotatable bonds is 8. The average molecular weight is 187 g/mol. The second-order valence-corrected chi connectivity index (χ2v) is 4.17. The SMILES string of the molecule is CCCC(C)CNCC(C)CCO. The fourth-order valence-corrected chi connectivity index (χ4v) is 1.49. The molecule has 0 saturated heterocycles.